The number of fused-ring (bicyclic) bond motifs is 2. The summed E-state index contributed by atoms with van der Waals surface area (Å²) in [6.07, 6.45) is 18.5. The van der Waals surface area contributed by atoms with E-state index in [1.54, 1.807) is 0 Å². The van der Waals surface area contributed by atoms with E-state index in [4.69, 9.17) is 0 Å². The average Bonchev–Trinajstić information content (AvgIpc) is 3.35. The van der Waals surface area contributed by atoms with Crippen molar-refractivity contribution in [2.24, 2.45) is 0 Å². The zero-order valence-corrected chi connectivity index (χ0v) is 29.4. The van der Waals surface area contributed by atoms with E-state index >= 15 is 0 Å². The molecular formula is C46H48. The largest absolute Gasteiger partial charge is 0.0622 e. The van der Waals surface area contributed by atoms with Crippen molar-refractivity contribution in [3.05, 3.63) is 198 Å². The van der Waals surface area contributed by atoms with E-state index in [0.717, 1.165) is 0 Å². The molecule has 0 radical (unpaired) electrons. The minimum absolute atomic E-state index is 1.27. The van der Waals surface area contributed by atoms with Gasteiger partial charge in [-0.3, -0.25) is 0 Å². The minimum Gasteiger partial charge on any atom is -0.0622 e. The molecule has 0 heterocycles. The zero-order chi connectivity index (χ0) is 33.1. The maximum absolute atomic E-state index is 2.35. The van der Waals surface area contributed by atoms with E-state index in [1.807, 2.05) is 0 Å². The third-order valence-electron chi connectivity index (χ3n) is 9.44. The van der Waals surface area contributed by atoms with Gasteiger partial charge in [-0.25, -0.2) is 0 Å². The Bertz CT molecular complexity index is 1950. The lowest BCUT2D eigenvalue weighted by atomic mass is 9.89. The maximum atomic E-state index is 2.35. The second-order valence-electron chi connectivity index (χ2n) is 13.2. The molecule has 2 aromatic rings. The molecule has 0 saturated carbocycles. The molecule has 0 N–H and O–H groups in total. The second kappa shape index (κ2) is 13.8. The predicted octanol–water partition coefficient (Wildman–Crippen LogP) is 13.1. The molecule has 0 aromatic heterocycles. The van der Waals surface area contributed by atoms with Gasteiger partial charge < -0.3 is 0 Å². The first-order valence-corrected chi connectivity index (χ1v) is 16.4. The molecule has 4 aliphatic rings. The van der Waals surface area contributed by atoms with Gasteiger partial charge in [-0.2, -0.15) is 0 Å². The van der Waals surface area contributed by atoms with Crippen LogP contribution in [-0.4, -0.2) is 0 Å². The number of benzene rings is 2. The Kier molecular flexibility index (Phi) is 9.78. The highest BCUT2D eigenvalue weighted by molar-refractivity contribution is 5.84. The number of rotatable bonds is 2. The topological polar surface area (TPSA) is 0 Å². The van der Waals surface area contributed by atoms with Gasteiger partial charge >= 0.3 is 0 Å². The predicted molar refractivity (Wildman–Crippen MR) is 202 cm³/mol. The minimum atomic E-state index is 1.27. The number of allylic oxidation sites excluding steroid dienone is 24. The molecule has 232 valence electrons. The van der Waals surface area contributed by atoms with Crippen LogP contribution in [0.25, 0.3) is 11.1 Å². The van der Waals surface area contributed by atoms with Crippen molar-refractivity contribution in [2.75, 3.05) is 0 Å². The molecule has 0 heteroatoms. The van der Waals surface area contributed by atoms with Crippen LogP contribution in [0.15, 0.2) is 187 Å². The summed E-state index contributed by atoms with van der Waals surface area (Å²) in [4.78, 5) is 0. The van der Waals surface area contributed by atoms with E-state index in [9.17, 15) is 0 Å². The van der Waals surface area contributed by atoms with Gasteiger partial charge in [0.2, 0.25) is 0 Å². The van der Waals surface area contributed by atoms with Gasteiger partial charge in [0, 0.05) is 0 Å². The van der Waals surface area contributed by atoms with Crippen molar-refractivity contribution in [3.8, 4) is 0 Å². The van der Waals surface area contributed by atoms with Crippen LogP contribution in [0.2, 0.25) is 0 Å². The van der Waals surface area contributed by atoms with Gasteiger partial charge in [0.25, 0.3) is 0 Å². The first-order chi connectivity index (χ1) is 21.9. The summed E-state index contributed by atoms with van der Waals surface area (Å²) in [5, 5.41) is 0. The monoisotopic (exact) mass is 600 g/mol. The SMILES string of the molecule is CC1=CC(C)=C2C(=CC(c3ccccc3)=CC(C)=C2C)C(C)=C1.CC1=CC(C)=C2C=C(c3ccccc3)C=C(C)C(C)=C2C(C)=C1. The lowest BCUT2D eigenvalue weighted by molar-refractivity contribution is 1.24. The highest BCUT2D eigenvalue weighted by atomic mass is 14.2. The van der Waals surface area contributed by atoms with E-state index < -0.39 is 0 Å². The molecule has 0 amide bonds. The van der Waals surface area contributed by atoms with Crippen molar-refractivity contribution in [3.63, 3.8) is 0 Å². The van der Waals surface area contributed by atoms with Gasteiger partial charge in [0.05, 0.1) is 0 Å². The fourth-order valence-corrected chi connectivity index (χ4v) is 7.00. The quantitative estimate of drug-likeness (QED) is 0.322. The van der Waals surface area contributed by atoms with Crippen molar-refractivity contribution in [1.82, 2.24) is 0 Å². The fraction of sp³-hybridized carbons (Fsp3) is 0.217. The molecule has 0 saturated heterocycles. The molecule has 6 rings (SSSR count). The Morgan fingerprint density at radius 3 is 1.46 bits per heavy atom. The maximum Gasteiger partial charge on any atom is -0.0120 e. The molecule has 46 heavy (non-hydrogen) atoms. The van der Waals surface area contributed by atoms with Crippen LogP contribution >= 0.6 is 0 Å². The highest BCUT2D eigenvalue weighted by Crippen LogP contribution is 2.40. The molecule has 0 bridgehead atoms. The summed E-state index contributed by atoms with van der Waals surface area (Å²) in [7, 11) is 0. The summed E-state index contributed by atoms with van der Waals surface area (Å²) >= 11 is 0. The zero-order valence-electron chi connectivity index (χ0n) is 29.4. The number of hydrogen-bond acceptors (Lipinski definition) is 0. The van der Waals surface area contributed by atoms with E-state index in [0.29, 0.717) is 0 Å². The van der Waals surface area contributed by atoms with Gasteiger partial charge in [0.15, 0.2) is 0 Å². The molecule has 0 unspecified atom stereocenters. The van der Waals surface area contributed by atoms with Crippen LogP contribution in [0.4, 0.5) is 0 Å². The Hall–Kier alpha value is -4.68. The second-order valence-corrected chi connectivity index (χ2v) is 13.2. The van der Waals surface area contributed by atoms with Crippen LogP contribution in [0.3, 0.4) is 0 Å². The van der Waals surface area contributed by atoms with Gasteiger partial charge in [0.1, 0.15) is 0 Å². The van der Waals surface area contributed by atoms with Crippen LogP contribution in [0.5, 0.6) is 0 Å². The van der Waals surface area contributed by atoms with Gasteiger partial charge in [-0.1, -0.05) is 108 Å². The molecule has 0 aliphatic heterocycles. The Morgan fingerprint density at radius 2 is 0.870 bits per heavy atom. The summed E-state index contributed by atoms with van der Waals surface area (Å²) < 4.78 is 0. The standard InChI is InChI=1S/2C23H24/c2*1-15-11-17(3)22-14-21(20-9-7-6-8-10-20)13-16(2)19(5)23(22)18(4)12-15/h2*6-14H,1-5H3. The number of hydrogen-bond donors (Lipinski definition) is 0. The summed E-state index contributed by atoms with van der Waals surface area (Å²) in [6.45, 7) is 22.2. The Balaban J connectivity index is 0.000000181. The Morgan fingerprint density at radius 1 is 0.348 bits per heavy atom. The third kappa shape index (κ3) is 6.92. The van der Waals surface area contributed by atoms with E-state index in [1.165, 1.54) is 100 Å². The molecule has 0 fully saturated rings. The smallest absolute Gasteiger partial charge is 0.0120 e. The van der Waals surface area contributed by atoms with Crippen molar-refractivity contribution >= 4 is 11.1 Å². The van der Waals surface area contributed by atoms with Crippen molar-refractivity contribution in [2.45, 2.75) is 69.2 Å². The van der Waals surface area contributed by atoms with Crippen LogP contribution in [0.1, 0.15) is 80.4 Å². The first-order valence-electron chi connectivity index (χ1n) is 16.4. The summed E-state index contributed by atoms with van der Waals surface area (Å²) in [5.74, 6) is 0. The van der Waals surface area contributed by atoms with Crippen molar-refractivity contribution in [1.29, 1.82) is 0 Å². The Labute approximate surface area is 278 Å². The summed E-state index contributed by atoms with van der Waals surface area (Å²) in [5.41, 5.74) is 24.0. The highest BCUT2D eigenvalue weighted by Gasteiger charge is 2.21. The average molecular weight is 601 g/mol. The van der Waals surface area contributed by atoms with Crippen LogP contribution in [0, 0.1) is 0 Å². The van der Waals surface area contributed by atoms with Gasteiger partial charge in [-0.05, 0) is 171 Å². The molecule has 2 aromatic carbocycles. The molecule has 0 atom stereocenters. The lowest BCUT2D eigenvalue weighted by Gasteiger charge is -2.15. The van der Waals surface area contributed by atoms with E-state index in [2.05, 4.69) is 179 Å². The van der Waals surface area contributed by atoms with Crippen LogP contribution < -0.4 is 0 Å². The first kappa shape index (κ1) is 32.7. The van der Waals surface area contributed by atoms with Crippen molar-refractivity contribution < 1.29 is 0 Å². The molecule has 4 aliphatic carbocycles. The fourth-order valence-electron chi connectivity index (χ4n) is 7.00. The van der Waals surface area contributed by atoms with Crippen LogP contribution in [-0.2, 0) is 0 Å². The lowest BCUT2D eigenvalue weighted by Crippen LogP contribution is -1.96. The van der Waals surface area contributed by atoms with E-state index in [-0.39, 0.29) is 0 Å². The van der Waals surface area contributed by atoms with Gasteiger partial charge in [-0.15, -0.1) is 0 Å². The molecule has 0 nitrogen and oxygen atoms in total. The molecular weight excluding hydrogens is 553 g/mol. The normalized spacial score (nSPS) is 18.5. The summed E-state index contributed by atoms with van der Waals surface area (Å²) in [6, 6.07) is 21.3. The third-order valence-corrected chi connectivity index (χ3v) is 9.44. The molecule has 0 spiro atoms.